The summed E-state index contributed by atoms with van der Waals surface area (Å²) in [5.41, 5.74) is 1.27. The molecule has 2 heteroatoms. The SMILES string of the molecule is CCCC1CCC(=O)C(Cc2ccccc2Br)C1. The topological polar surface area (TPSA) is 17.1 Å². The summed E-state index contributed by atoms with van der Waals surface area (Å²) in [6, 6.07) is 8.26. The molecule has 2 rings (SSSR count). The Morgan fingerprint density at radius 2 is 2.11 bits per heavy atom. The van der Waals surface area contributed by atoms with E-state index in [4.69, 9.17) is 0 Å². The molecule has 0 saturated heterocycles. The van der Waals surface area contributed by atoms with Crippen LogP contribution >= 0.6 is 15.9 Å². The van der Waals surface area contributed by atoms with Crippen molar-refractivity contribution in [2.24, 2.45) is 11.8 Å². The van der Waals surface area contributed by atoms with Crippen molar-refractivity contribution in [2.75, 3.05) is 0 Å². The summed E-state index contributed by atoms with van der Waals surface area (Å²) >= 11 is 3.58. The standard InChI is InChI=1S/C16H21BrO/c1-2-5-12-8-9-16(18)14(10-12)11-13-6-3-4-7-15(13)17/h3-4,6-7,12,14H,2,5,8-11H2,1H3. The Balaban J connectivity index is 2.03. The molecule has 0 amide bonds. The number of carbonyl (C=O) groups is 1. The number of halogens is 1. The molecule has 18 heavy (non-hydrogen) atoms. The van der Waals surface area contributed by atoms with E-state index in [0.29, 0.717) is 5.78 Å². The molecule has 0 bridgehead atoms. The fraction of sp³-hybridized carbons (Fsp3) is 0.562. The van der Waals surface area contributed by atoms with Crippen LogP contribution in [0, 0.1) is 11.8 Å². The number of Topliss-reactive ketones (excluding diaryl/α,β-unsaturated/α-hetero) is 1. The molecule has 0 radical (unpaired) electrons. The predicted octanol–water partition coefficient (Wildman–Crippen LogP) is 4.78. The van der Waals surface area contributed by atoms with Crippen molar-refractivity contribution in [3.8, 4) is 0 Å². The first-order valence-electron chi connectivity index (χ1n) is 6.96. The highest BCUT2D eigenvalue weighted by Gasteiger charge is 2.28. The Morgan fingerprint density at radius 1 is 1.33 bits per heavy atom. The van der Waals surface area contributed by atoms with E-state index < -0.39 is 0 Å². The fourth-order valence-electron chi connectivity index (χ4n) is 3.00. The number of benzene rings is 1. The van der Waals surface area contributed by atoms with Crippen molar-refractivity contribution in [3.05, 3.63) is 34.3 Å². The van der Waals surface area contributed by atoms with Crippen molar-refractivity contribution in [1.82, 2.24) is 0 Å². The van der Waals surface area contributed by atoms with Gasteiger partial charge >= 0.3 is 0 Å². The van der Waals surface area contributed by atoms with Crippen LogP contribution in [0.3, 0.4) is 0 Å². The van der Waals surface area contributed by atoms with Gasteiger partial charge in [0.15, 0.2) is 0 Å². The first kappa shape index (κ1) is 13.8. The number of ketones is 1. The highest BCUT2D eigenvalue weighted by molar-refractivity contribution is 9.10. The number of carbonyl (C=O) groups excluding carboxylic acids is 1. The summed E-state index contributed by atoms with van der Waals surface area (Å²) < 4.78 is 1.13. The third-order valence-electron chi connectivity index (χ3n) is 3.99. The maximum absolute atomic E-state index is 12.0. The lowest BCUT2D eigenvalue weighted by Gasteiger charge is -2.28. The maximum atomic E-state index is 12.0. The molecule has 0 spiro atoms. The Bertz CT molecular complexity index is 413. The smallest absolute Gasteiger partial charge is 0.136 e. The van der Waals surface area contributed by atoms with Gasteiger partial charge < -0.3 is 0 Å². The van der Waals surface area contributed by atoms with Gasteiger partial charge in [-0.05, 0) is 36.8 Å². The molecule has 1 nitrogen and oxygen atoms in total. The second-order valence-electron chi connectivity index (χ2n) is 5.39. The first-order valence-corrected chi connectivity index (χ1v) is 7.76. The van der Waals surface area contributed by atoms with Gasteiger partial charge in [0.25, 0.3) is 0 Å². The van der Waals surface area contributed by atoms with Gasteiger partial charge in [-0.25, -0.2) is 0 Å². The summed E-state index contributed by atoms with van der Waals surface area (Å²) in [5, 5.41) is 0. The van der Waals surface area contributed by atoms with Gasteiger partial charge in [0.2, 0.25) is 0 Å². The van der Waals surface area contributed by atoms with Gasteiger partial charge in [0.1, 0.15) is 5.78 Å². The van der Waals surface area contributed by atoms with Crippen molar-refractivity contribution < 1.29 is 4.79 Å². The van der Waals surface area contributed by atoms with Gasteiger partial charge in [0.05, 0.1) is 0 Å². The molecule has 0 N–H and O–H groups in total. The average Bonchev–Trinajstić information content (AvgIpc) is 2.36. The van der Waals surface area contributed by atoms with E-state index in [2.05, 4.69) is 41.1 Å². The highest BCUT2D eigenvalue weighted by Crippen LogP contribution is 2.32. The van der Waals surface area contributed by atoms with E-state index in [-0.39, 0.29) is 5.92 Å². The van der Waals surface area contributed by atoms with E-state index in [1.165, 1.54) is 18.4 Å². The lowest BCUT2D eigenvalue weighted by molar-refractivity contribution is -0.125. The molecule has 1 fully saturated rings. The largest absolute Gasteiger partial charge is 0.299 e. The Hall–Kier alpha value is -0.630. The Morgan fingerprint density at radius 3 is 2.83 bits per heavy atom. The minimum absolute atomic E-state index is 0.244. The summed E-state index contributed by atoms with van der Waals surface area (Å²) in [5.74, 6) is 1.48. The maximum Gasteiger partial charge on any atom is 0.136 e. The van der Waals surface area contributed by atoms with Crippen LogP contribution in [0.4, 0.5) is 0 Å². The number of rotatable bonds is 4. The van der Waals surface area contributed by atoms with E-state index in [1.54, 1.807) is 0 Å². The Kier molecular flexibility index (Phi) is 4.99. The zero-order valence-corrected chi connectivity index (χ0v) is 12.6. The van der Waals surface area contributed by atoms with Crippen molar-refractivity contribution >= 4 is 21.7 Å². The summed E-state index contributed by atoms with van der Waals surface area (Å²) in [7, 11) is 0. The van der Waals surface area contributed by atoms with Gasteiger partial charge in [-0.15, -0.1) is 0 Å². The molecule has 1 aliphatic carbocycles. The zero-order valence-electron chi connectivity index (χ0n) is 11.0. The summed E-state index contributed by atoms with van der Waals surface area (Å²) in [4.78, 5) is 12.0. The first-order chi connectivity index (χ1) is 8.70. The van der Waals surface area contributed by atoms with E-state index in [1.807, 2.05) is 6.07 Å². The summed E-state index contributed by atoms with van der Waals surface area (Å²) in [6.07, 6.45) is 6.41. The van der Waals surface area contributed by atoms with Gasteiger partial charge in [-0.2, -0.15) is 0 Å². The van der Waals surface area contributed by atoms with Crippen LogP contribution in [0.2, 0.25) is 0 Å². The molecule has 1 aromatic rings. The van der Waals surface area contributed by atoms with Crippen LogP contribution in [0.5, 0.6) is 0 Å². The molecule has 1 saturated carbocycles. The molecular formula is C16H21BrO. The monoisotopic (exact) mass is 308 g/mol. The molecule has 2 atom stereocenters. The van der Waals surface area contributed by atoms with Crippen molar-refractivity contribution in [3.63, 3.8) is 0 Å². The van der Waals surface area contributed by atoms with Crippen molar-refractivity contribution in [1.29, 1.82) is 0 Å². The fourth-order valence-corrected chi connectivity index (χ4v) is 3.45. The minimum Gasteiger partial charge on any atom is -0.299 e. The van der Waals surface area contributed by atoms with Gasteiger partial charge in [0, 0.05) is 16.8 Å². The molecule has 0 heterocycles. The van der Waals surface area contributed by atoms with E-state index >= 15 is 0 Å². The molecular weight excluding hydrogens is 288 g/mol. The van der Waals surface area contributed by atoms with E-state index in [0.717, 1.165) is 36.1 Å². The molecule has 98 valence electrons. The van der Waals surface area contributed by atoms with Crippen LogP contribution in [0.1, 0.15) is 44.6 Å². The molecule has 0 aliphatic heterocycles. The van der Waals surface area contributed by atoms with Crippen LogP contribution < -0.4 is 0 Å². The Labute approximate surface area is 118 Å². The lowest BCUT2D eigenvalue weighted by atomic mass is 9.76. The highest BCUT2D eigenvalue weighted by atomic mass is 79.9. The third kappa shape index (κ3) is 3.44. The quantitative estimate of drug-likeness (QED) is 0.782. The minimum atomic E-state index is 0.244. The average molecular weight is 309 g/mol. The predicted molar refractivity (Wildman–Crippen MR) is 78.6 cm³/mol. The molecule has 1 aromatic carbocycles. The number of hydrogen-bond donors (Lipinski definition) is 0. The van der Waals surface area contributed by atoms with Gasteiger partial charge in [-0.3, -0.25) is 4.79 Å². The summed E-state index contributed by atoms with van der Waals surface area (Å²) in [6.45, 7) is 2.24. The van der Waals surface area contributed by atoms with Crippen LogP contribution in [0.25, 0.3) is 0 Å². The second-order valence-corrected chi connectivity index (χ2v) is 6.24. The van der Waals surface area contributed by atoms with Crippen LogP contribution in [0.15, 0.2) is 28.7 Å². The zero-order chi connectivity index (χ0) is 13.0. The normalized spacial score (nSPS) is 24.2. The van der Waals surface area contributed by atoms with Crippen molar-refractivity contribution in [2.45, 2.75) is 45.4 Å². The van der Waals surface area contributed by atoms with E-state index in [9.17, 15) is 4.79 Å². The third-order valence-corrected chi connectivity index (χ3v) is 4.77. The van der Waals surface area contributed by atoms with Crippen LogP contribution in [-0.2, 0) is 11.2 Å². The van der Waals surface area contributed by atoms with Gasteiger partial charge in [-0.1, -0.05) is 53.9 Å². The molecule has 2 unspecified atom stereocenters. The van der Waals surface area contributed by atoms with Crippen LogP contribution in [-0.4, -0.2) is 5.78 Å². The number of hydrogen-bond acceptors (Lipinski definition) is 1. The second kappa shape index (κ2) is 6.51. The molecule has 1 aliphatic rings. The molecule has 0 aromatic heterocycles. The lowest BCUT2D eigenvalue weighted by Crippen LogP contribution is -2.26.